The van der Waals surface area contributed by atoms with E-state index in [4.69, 9.17) is 5.41 Å². The van der Waals surface area contributed by atoms with Crippen LogP contribution in [0.4, 0.5) is 4.39 Å². The van der Waals surface area contributed by atoms with Crippen LogP contribution in [-0.4, -0.2) is 12.3 Å². The molecule has 0 aliphatic heterocycles. The molecule has 0 saturated heterocycles. The summed E-state index contributed by atoms with van der Waals surface area (Å²) in [6.45, 7) is 2.72. The first-order valence-electron chi connectivity index (χ1n) is 3.82. The fourth-order valence-electron chi connectivity index (χ4n) is 0.865. The summed E-state index contributed by atoms with van der Waals surface area (Å²) in [6, 6.07) is 0. The minimum atomic E-state index is -0.310. The second kappa shape index (κ2) is 3.85. The van der Waals surface area contributed by atoms with Gasteiger partial charge in [-0.2, -0.15) is 0 Å². The van der Waals surface area contributed by atoms with Gasteiger partial charge in [-0.05, 0) is 25.2 Å². The van der Waals surface area contributed by atoms with Crippen molar-refractivity contribution in [3.05, 3.63) is 35.8 Å². The largest absolute Gasteiger partial charge is 0.391 e. The van der Waals surface area contributed by atoms with Crippen molar-refractivity contribution >= 4 is 5.71 Å². The molecule has 0 atom stereocenters. The lowest BCUT2D eigenvalue weighted by atomic mass is 10.1. The molecule has 0 aromatic carbocycles. The first-order chi connectivity index (χ1) is 5.74. The normalized spacial score (nSPS) is 19.7. The van der Waals surface area contributed by atoms with Gasteiger partial charge in [-0.1, -0.05) is 0 Å². The van der Waals surface area contributed by atoms with E-state index in [9.17, 15) is 4.39 Å². The average molecular weight is 166 g/mol. The summed E-state index contributed by atoms with van der Waals surface area (Å²) in [6.07, 6.45) is 5.71. The number of hydrogen-bond donors (Lipinski definition) is 2. The molecule has 0 spiro atoms. The SMILES string of the molecule is CCN/C=C1/C=C(F)C=CC1=N. The molecular weight excluding hydrogens is 155 g/mol. The minimum Gasteiger partial charge on any atom is -0.391 e. The summed E-state index contributed by atoms with van der Waals surface area (Å²) >= 11 is 0. The number of rotatable bonds is 2. The highest BCUT2D eigenvalue weighted by Crippen LogP contribution is 2.12. The molecule has 0 unspecified atom stereocenters. The van der Waals surface area contributed by atoms with Gasteiger partial charge >= 0.3 is 0 Å². The molecule has 1 rings (SSSR count). The number of nitrogens with one attached hydrogen (secondary N) is 2. The Labute approximate surface area is 71.0 Å². The Kier molecular flexibility index (Phi) is 2.80. The Morgan fingerprint density at radius 3 is 3.00 bits per heavy atom. The van der Waals surface area contributed by atoms with Crippen LogP contribution in [0.5, 0.6) is 0 Å². The van der Waals surface area contributed by atoms with Gasteiger partial charge in [0.25, 0.3) is 0 Å². The standard InChI is InChI=1S/C9H11FN2/c1-2-12-6-7-5-8(10)3-4-9(7)11/h3-6,11-12H,2H2,1H3/b7-6-,11-9?. The second-order valence-electron chi connectivity index (χ2n) is 2.43. The summed E-state index contributed by atoms with van der Waals surface area (Å²) in [5.41, 5.74) is 0.911. The van der Waals surface area contributed by atoms with Crippen LogP contribution in [0.15, 0.2) is 35.8 Å². The third-order valence-electron chi connectivity index (χ3n) is 1.48. The van der Waals surface area contributed by atoms with Crippen molar-refractivity contribution in [3.8, 4) is 0 Å². The van der Waals surface area contributed by atoms with E-state index in [1.54, 1.807) is 6.20 Å². The lowest BCUT2D eigenvalue weighted by Gasteiger charge is -2.05. The molecule has 0 amide bonds. The fourth-order valence-corrected chi connectivity index (χ4v) is 0.865. The molecule has 0 bridgehead atoms. The van der Waals surface area contributed by atoms with Crippen molar-refractivity contribution in [2.24, 2.45) is 0 Å². The van der Waals surface area contributed by atoms with Gasteiger partial charge in [-0.3, -0.25) is 0 Å². The zero-order valence-corrected chi connectivity index (χ0v) is 6.89. The highest BCUT2D eigenvalue weighted by atomic mass is 19.1. The Morgan fingerprint density at radius 2 is 2.33 bits per heavy atom. The van der Waals surface area contributed by atoms with E-state index in [1.807, 2.05) is 6.92 Å². The van der Waals surface area contributed by atoms with Crippen molar-refractivity contribution in [3.63, 3.8) is 0 Å². The molecule has 1 aliphatic carbocycles. The van der Waals surface area contributed by atoms with Crippen LogP contribution < -0.4 is 5.32 Å². The van der Waals surface area contributed by atoms with Crippen molar-refractivity contribution in [1.82, 2.24) is 5.32 Å². The zero-order valence-electron chi connectivity index (χ0n) is 6.89. The van der Waals surface area contributed by atoms with Crippen molar-refractivity contribution in [1.29, 1.82) is 5.41 Å². The van der Waals surface area contributed by atoms with Crippen LogP contribution in [-0.2, 0) is 0 Å². The average Bonchev–Trinajstić information content (AvgIpc) is 2.07. The molecule has 0 aromatic rings. The van der Waals surface area contributed by atoms with Gasteiger partial charge in [0.2, 0.25) is 0 Å². The number of halogens is 1. The van der Waals surface area contributed by atoms with Gasteiger partial charge in [0, 0.05) is 18.3 Å². The van der Waals surface area contributed by atoms with Crippen LogP contribution in [0.3, 0.4) is 0 Å². The molecule has 12 heavy (non-hydrogen) atoms. The molecule has 64 valence electrons. The summed E-state index contributed by atoms with van der Waals surface area (Å²) in [4.78, 5) is 0. The van der Waals surface area contributed by atoms with E-state index in [0.717, 1.165) is 6.54 Å². The van der Waals surface area contributed by atoms with E-state index in [2.05, 4.69) is 5.32 Å². The second-order valence-corrected chi connectivity index (χ2v) is 2.43. The Balaban J connectivity index is 2.77. The van der Waals surface area contributed by atoms with Crippen LogP contribution >= 0.6 is 0 Å². The Hall–Kier alpha value is -1.38. The predicted molar refractivity (Wildman–Crippen MR) is 47.8 cm³/mol. The maximum absolute atomic E-state index is 12.6. The lowest BCUT2D eigenvalue weighted by molar-refractivity contribution is 0.665. The molecule has 0 aromatic heterocycles. The molecule has 2 N–H and O–H groups in total. The Bertz CT molecular complexity index is 274. The van der Waals surface area contributed by atoms with E-state index < -0.39 is 0 Å². The van der Waals surface area contributed by atoms with Crippen molar-refractivity contribution < 1.29 is 4.39 Å². The van der Waals surface area contributed by atoms with Gasteiger partial charge in [0.15, 0.2) is 0 Å². The maximum Gasteiger partial charge on any atom is 0.124 e. The van der Waals surface area contributed by atoms with Crippen LogP contribution in [0.2, 0.25) is 0 Å². The Morgan fingerprint density at radius 1 is 1.58 bits per heavy atom. The molecule has 0 saturated carbocycles. The monoisotopic (exact) mass is 166 g/mol. The van der Waals surface area contributed by atoms with Crippen LogP contribution in [0, 0.1) is 5.41 Å². The number of allylic oxidation sites excluding steroid dienone is 5. The van der Waals surface area contributed by atoms with E-state index >= 15 is 0 Å². The highest BCUT2D eigenvalue weighted by molar-refractivity contribution is 6.09. The lowest BCUT2D eigenvalue weighted by Crippen LogP contribution is -2.08. The third kappa shape index (κ3) is 2.05. The minimum absolute atomic E-state index is 0.310. The van der Waals surface area contributed by atoms with Crippen LogP contribution in [0.25, 0.3) is 0 Å². The van der Waals surface area contributed by atoms with Gasteiger partial charge in [0.1, 0.15) is 5.83 Å². The highest BCUT2D eigenvalue weighted by Gasteiger charge is 2.05. The summed E-state index contributed by atoms with van der Waals surface area (Å²) in [5.74, 6) is -0.310. The molecule has 2 nitrogen and oxygen atoms in total. The van der Waals surface area contributed by atoms with Crippen molar-refractivity contribution in [2.45, 2.75) is 6.92 Å². The van der Waals surface area contributed by atoms with E-state index in [0.29, 0.717) is 11.3 Å². The fraction of sp³-hybridized carbons (Fsp3) is 0.222. The van der Waals surface area contributed by atoms with E-state index in [-0.39, 0.29) is 5.83 Å². The third-order valence-corrected chi connectivity index (χ3v) is 1.48. The van der Waals surface area contributed by atoms with Gasteiger partial charge < -0.3 is 10.7 Å². The molecule has 3 heteroatoms. The number of hydrogen-bond acceptors (Lipinski definition) is 2. The molecular formula is C9H11FN2. The zero-order chi connectivity index (χ0) is 8.97. The van der Waals surface area contributed by atoms with Crippen molar-refractivity contribution in [2.75, 3.05) is 6.54 Å². The maximum atomic E-state index is 12.6. The molecule has 0 radical (unpaired) electrons. The van der Waals surface area contributed by atoms with Crippen LogP contribution in [0.1, 0.15) is 6.92 Å². The summed E-state index contributed by atoms with van der Waals surface area (Å²) in [7, 11) is 0. The molecule has 0 fully saturated rings. The first-order valence-corrected chi connectivity index (χ1v) is 3.82. The van der Waals surface area contributed by atoms with Gasteiger partial charge in [0.05, 0.1) is 5.71 Å². The van der Waals surface area contributed by atoms with E-state index in [1.165, 1.54) is 18.2 Å². The predicted octanol–water partition coefficient (Wildman–Crippen LogP) is 1.92. The molecule has 0 heterocycles. The topological polar surface area (TPSA) is 35.9 Å². The molecule has 1 aliphatic rings. The first kappa shape index (κ1) is 8.71. The van der Waals surface area contributed by atoms with Gasteiger partial charge in [-0.25, -0.2) is 4.39 Å². The van der Waals surface area contributed by atoms with Gasteiger partial charge in [-0.15, -0.1) is 0 Å². The summed E-state index contributed by atoms with van der Waals surface area (Å²) < 4.78 is 12.6. The quantitative estimate of drug-likeness (QED) is 0.646. The smallest absolute Gasteiger partial charge is 0.124 e. The summed E-state index contributed by atoms with van der Waals surface area (Å²) in [5, 5.41) is 10.3.